The highest BCUT2D eigenvalue weighted by atomic mass is 16.3. The van der Waals surface area contributed by atoms with E-state index >= 15 is 0 Å². The van der Waals surface area contributed by atoms with Crippen LogP contribution in [0, 0.1) is 0 Å². The summed E-state index contributed by atoms with van der Waals surface area (Å²) in [6.07, 6.45) is 7.53. The lowest BCUT2D eigenvalue weighted by molar-refractivity contribution is 0.483. The van der Waals surface area contributed by atoms with E-state index in [4.69, 9.17) is 4.42 Å². The molecule has 1 fully saturated rings. The average Bonchev–Trinajstić information content (AvgIpc) is 3.02. The number of anilines is 1. The van der Waals surface area contributed by atoms with E-state index < -0.39 is 0 Å². The van der Waals surface area contributed by atoms with Crippen LogP contribution in [0.25, 0.3) is 0 Å². The Morgan fingerprint density at radius 2 is 2.05 bits per heavy atom. The van der Waals surface area contributed by atoms with Crippen LogP contribution >= 0.6 is 0 Å². The SMILES string of the molecule is c1coc(CNCc2ccnc(N3CCCCC3)c2)c1. The zero-order valence-corrected chi connectivity index (χ0v) is 11.7. The lowest BCUT2D eigenvalue weighted by Gasteiger charge is -2.27. The quantitative estimate of drug-likeness (QED) is 0.907. The van der Waals surface area contributed by atoms with E-state index in [2.05, 4.69) is 27.3 Å². The van der Waals surface area contributed by atoms with Crippen molar-refractivity contribution in [2.24, 2.45) is 0 Å². The number of aromatic nitrogens is 1. The summed E-state index contributed by atoms with van der Waals surface area (Å²) in [4.78, 5) is 6.89. The maximum atomic E-state index is 5.31. The van der Waals surface area contributed by atoms with Crippen LogP contribution in [0.3, 0.4) is 0 Å². The molecule has 2 aromatic rings. The molecule has 0 unspecified atom stereocenters. The summed E-state index contributed by atoms with van der Waals surface area (Å²) >= 11 is 0. The van der Waals surface area contributed by atoms with Gasteiger partial charge in [-0.05, 0) is 49.1 Å². The third-order valence-electron chi connectivity index (χ3n) is 3.70. The fourth-order valence-electron chi connectivity index (χ4n) is 2.61. The lowest BCUT2D eigenvalue weighted by atomic mass is 10.1. The molecule has 0 bridgehead atoms. The number of nitrogens with zero attached hydrogens (tertiary/aromatic N) is 2. The van der Waals surface area contributed by atoms with Crippen molar-refractivity contribution in [2.75, 3.05) is 18.0 Å². The fraction of sp³-hybridized carbons (Fsp3) is 0.438. The predicted molar refractivity (Wildman–Crippen MR) is 79.6 cm³/mol. The zero-order chi connectivity index (χ0) is 13.6. The molecule has 20 heavy (non-hydrogen) atoms. The van der Waals surface area contributed by atoms with Gasteiger partial charge in [-0.25, -0.2) is 4.98 Å². The largest absolute Gasteiger partial charge is 0.468 e. The lowest BCUT2D eigenvalue weighted by Crippen LogP contribution is -2.30. The summed E-state index contributed by atoms with van der Waals surface area (Å²) in [6.45, 7) is 3.87. The molecule has 1 saturated heterocycles. The van der Waals surface area contributed by atoms with Crippen LogP contribution in [-0.4, -0.2) is 18.1 Å². The summed E-state index contributed by atoms with van der Waals surface area (Å²) in [6, 6.07) is 8.17. The Hall–Kier alpha value is -1.81. The van der Waals surface area contributed by atoms with Crippen molar-refractivity contribution in [3.63, 3.8) is 0 Å². The van der Waals surface area contributed by atoms with E-state index in [0.717, 1.165) is 37.8 Å². The normalized spacial score (nSPS) is 15.5. The van der Waals surface area contributed by atoms with E-state index in [-0.39, 0.29) is 0 Å². The molecule has 3 rings (SSSR count). The van der Waals surface area contributed by atoms with Crippen LogP contribution in [0.1, 0.15) is 30.6 Å². The van der Waals surface area contributed by atoms with Crippen LogP contribution < -0.4 is 10.2 Å². The minimum absolute atomic E-state index is 0.758. The first kappa shape index (κ1) is 13.2. The molecule has 3 heterocycles. The van der Waals surface area contributed by atoms with Gasteiger partial charge < -0.3 is 14.6 Å². The smallest absolute Gasteiger partial charge is 0.128 e. The molecule has 0 aliphatic carbocycles. The Bertz CT molecular complexity index is 518. The van der Waals surface area contributed by atoms with Crippen LogP contribution in [-0.2, 0) is 13.1 Å². The average molecular weight is 271 g/mol. The third-order valence-corrected chi connectivity index (χ3v) is 3.70. The van der Waals surface area contributed by atoms with Crippen LogP contribution in [0.2, 0.25) is 0 Å². The van der Waals surface area contributed by atoms with Crippen molar-refractivity contribution in [3.05, 3.63) is 48.0 Å². The maximum absolute atomic E-state index is 5.31. The van der Waals surface area contributed by atoms with Crippen molar-refractivity contribution in [3.8, 4) is 0 Å². The monoisotopic (exact) mass is 271 g/mol. The molecule has 1 aliphatic rings. The predicted octanol–water partition coefficient (Wildman–Crippen LogP) is 2.95. The van der Waals surface area contributed by atoms with Gasteiger partial charge >= 0.3 is 0 Å². The molecule has 0 spiro atoms. The first-order chi connectivity index (χ1) is 9.92. The van der Waals surface area contributed by atoms with E-state index in [0.29, 0.717) is 0 Å². The first-order valence-corrected chi connectivity index (χ1v) is 7.35. The molecular formula is C16H21N3O. The number of hydrogen-bond donors (Lipinski definition) is 1. The Balaban J connectivity index is 1.56. The second-order valence-electron chi connectivity index (χ2n) is 5.25. The van der Waals surface area contributed by atoms with Crippen molar-refractivity contribution in [1.29, 1.82) is 0 Å². The second kappa shape index (κ2) is 6.57. The van der Waals surface area contributed by atoms with Crippen LogP contribution in [0.4, 0.5) is 5.82 Å². The van der Waals surface area contributed by atoms with Crippen molar-refractivity contribution in [2.45, 2.75) is 32.4 Å². The van der Waals surface area contributed by atoms with Gasteiger partial charge in [0.2, 0.25) is 0 Å². The molecule has 4 heteroatoms. The molecule has 0 aromatic carbocycles. The van der Waals surface area contributed by atoms with Gasteiger partial charge in [0.05, 0.1) is 12.8 Å². The molecule has 1 aliphatic heterocycles. The minimum Gasteiger partial charge on any atom is -0.468 e. The summed E-state index contributed by atoms with van der Waals surface area (Å²) in [5, 5.41) is 3.39. The van der Waals surface area contributed by atoms with Crippen LogP contribution in [0.15, 0.2) is 41.1 Å². The number of rotatable bonds is 5. The third kappa shape index (κ3) is 3.39. The van der Waals surface area contributed by atoms with E-state index in [9.17, 15) is 0 Å². The first-order valence-electron chi connectivity index (χ1n) is 7.35. The van der Waals surface area contributed by atoms with Crippen molar-refractivity contribution >= 4 is 5.82 Å². The highest BCUT2D eigenvalue weighted by Crippen LogP contribution is 2.18. The fourth-order valence-corrected chi connectivity index (χ4v) is 2.61. The van der Waals surface area contributed by atoms with Gasteiger partial charge in [0.15, 0.2) is 0 Å². The Kier molecular flexibility index (Phi) is 4.33. The summed E-state index contributed by atoms with van der Waals surface area (Å²) < 4.78 is 5.31. The Morgan fingerprint density at radius 1 is 1.15 bits per heavy atom. The number of nitrogens with one attached hydrogen (secondary N) is 1. The molecule has 1 N–H and O–H groups in total. The molecule has 0 saturated carbocycles. The van der Waals surface area contributed by atoms with Gasteiger partial charge in [-0.2, -0.15) is 0 Å². The van der Waals surface area contributed by atoms with Gasteiger partial charge in [0, 0.05) is 25.8 Å². The number of piperidine rings is 1. The summed E-state index contributed by atoms with van der Waals surface area (Å²) in [5.74, 6) is 2.08. The molecule has 4 nitrogen and oxygen atoms in total. The van der Waals surface area contributed by atoms with Crippen LogP contribution in [0.5, 0.6) is 0 Å². The van der Waals surface area contributed by atoms with E-state index in [1.165, 1.54) is 24.8 Å². The van der Waals surface area contributed by atoms with Gasteiger partial charge in [0.25, 0.3) is 0 Å². The van der Waals surface area contributed by atoms with Crippen molar-refractivity contribution < 1.29 is 4.42 Å². The van der Waals surface area contributed by atoms with E-state index in [1.54, 1.807) is 6.26 Å². The standard InChI is InChI=1S/C16H21N3O/c1-2-8-19(9-3-1)16-11-14(6-7-18-16)12-17-13-15-5-4-10-20-15/h4-7,10-11,17H,1-3,8-9,12-13H2. The zero-order valence-electron chi connectivity index (χ0n) is 11.7. The number of pyridine rings is 1. The van der Waals surface area contributed by atoms with Gasteiger partial charge in [-0.3, -0.25) is 0 Å². The summed E-state index contributed by atoms with van der Waals surface area (Å²) in [7, 11) is 0. The molecule has 2 aromatic heterocycles. The molecule has 106 valence electrons. The minimum atomic E-state index is 0.758. The second-order valence-corrected chi connectivity index (χ2v) is 5.25. The van der Waals surface area contributed by atoms with E-state index in [1.807, 2.05) is 18.3 Å². The molecule has 0 atom stereocenters. The molecule has 0 amide bonds. The number of hydrogen-bond acceptors (Lipinski definition) is 4. The van der Waals surface area contributed by atoms with Gasteiger partial charge in [-0.1, -0.05) is 0 Å². The Labute approximate surface area is 119 Å². The number of furan rings is 1. The highest BCUT2D eigenvalue weighted by Gasteiger charge is 2.12. The van der Waals surface area contributed by atoms with Gasteiger partial charge in [0.1, 0.15) is 11.6 Å². The van der Waals surface area contributed by atoms with Gasteiger partial charge in [-0.15, -0.1) is 0 Å². The Morgan fingerprint density at radius 3 is 2.85 bits per heavy atom. The maximum Gasteiger partial charge on any atom is 0.128 e. The molecular weight excluding hydrogens is 250 g/mol. The topological polar surface area (TPSA) is 41.3 Å². The van der Waals surface area contributed by atoms with Crippen molar-refractivity contribution in [1.82, 2.24) is 10.3 Å². The molecule has 0 radical (unpaired) electrons. The summed E-state index contributed by atoms with van der Waals surface area (Å²) in [5.41, 5.74) is 1.27. The highest BCUT2D eigenvalue weighted by molar-refractivity contribution is 5.41.